The first-order chi connectivity index (χ1) is 9.27. The molecular formula is C14H19N3OS. The minimum atomic E-state index is 0.367. The van der Waals surface area contributed by atoms with Gasteiger partial charge in [0.05, 0.1) is 6.26 Å². The van der Waals surface area contributed by atoms with Crippen molar-refractivity contribution in [2.75, 3.05) is 0 Å². The fourth-order valence-electron chi connectivity index (χ4n) is 3.09. The lowest BCUT2D eigenvalue weighted by Gasteiger charge is -2.28. The van der Waals surface area contributed by atoms with E-state index in [1.165, 1.54) is 32.1 Å². The van der Waals surface area contributed by atoms with Crippen molar-refractivity contribution in [2.45, 2.75) is 45.1 Å². The predicted octanol–water partition coefficient (Wildman–Crippen LogP) is 4.34. The molecule has 0 amide bonds. The molecule has 5 heteroatoms. The van der Waals surface area contributed by atoms with Crippen molar-refractivity contribution in [3.8, 4) is 11.6 Å². The van der Waals surface area contributed by atoms with Crippen molar-refractivity contribution in [1.82, 2.24) is 14.8 Å². The first-order valence-electron chi connectivity index (χ1n) is 6.98. The van der Waals surface area contributed by atoms with Crippen LogP contribution in [0.1, 0.15) is 45.1 Å². The number of hydrogen-bond donors (Lipinski definition) is 1. The van der Waals surface area contributed by atoms with Crippen molar-refractivity contribution in [3.63, 3.8) is 0 Å². The first kappa shape index (κ1) is 12.7. The number of aromatic amines is 1. The van der Waals surface area contributed by atoms with E-state index in [1.807, 2.05) is 12.1 Å². The molecule has 1 fully saturated rings. The highest BCUT2D eigenvalue weighted by atomic mass is 32.1. The monoisotopic (exact) mass is 277 g/mol. The van der Waals surface area contributed by atoms with Crippen molar-refractivity contribution < 1.29 is 4.42 Å². The quantitative estimate of drug-likeness (QED) is 0.849. The van der Waals surface area contributed by atoms with Gasteiger partial charge >= 0.3 is 0 Å². The van der Waals surface area contributed by atoms with Gasteiger partial charge in [0, 0.05) is 6.04 Å². The fourth-order valence-corrected chi connectivity index (χ4v) is 3.39. The van der Waals surface area contributed by atoms with E-state index in [4.69, 9.17) is 16.6 Å². The summed E-state index contributed by atoms with van der Waals surface area (Å²) in [7, 11) is 0. The second-order valence-electron chi connectivity index (χ2n) is 5.34. The topological polar surface area (TPSA) is 46.8 Å². The largest absolute Gasteiger partial charge is 0.461 e. The molecule has 102 valence electrons. The zero-order valence-electron chi connectivity index (χ0n) is 11.1. The zero-order valence-corrected chi connectivity index (χ0v) is 11.9. The van der Waals surface area contributed by atoms with Crippen molar-refractivity contribution in [3.05, 3.63) is 23.2 Å². The van der Waals surface area contributed by atoms with Gasteiger partial charge < -0.3 is 4.42 Å². The summed E-state index contributed by atoms with van der Waals surface area (Å²) < 4.78 is 8.26. The van der Waals surface area contributed by atoms with Crippen LogP contribution < -0.4 is 0 Å². The third-order valence-electron chi connectivity index (χ3n) is 4.19. The summed E-state index contributed by atoms with van der Waals surface area (Å²) in [5.41, 5.74) is 0. The third kappa shape index (κ3) is 2.39. The second kappa shape index (κ2) is 5.33. The SMILES string of the molecule is C[C@H](C1CCCCC1)n1c(-c2ccco2)n[nH]c1=S. The number of rotatable bonds is 3. The highest BCUT2D eigenvalue weighted by molar-refractivity contribution is 7.71. The van der Waals surface area contributed by atoms with Gasteiger partial charge in [-0.25, -0.2) is 0 Å². The van der Waals surface area contributed by atoms with Crippen LogP contribution in [0.4, 0.5) is 0 Å². The van der Waals surface area contributed by atoms with Crippen LogP contribution in [0, 0.1) is 10.7 Å². The second-order valence-corrected chi connectivity index (χ2v) is 5.73. The van der Waals surface area contributed by atoms with Gasteiger partial charge in [-0.3, -0.25) is 9.67 Å². The maximum atomic E-state index is 5.46. The summed E-state index contributed by atoms with van der Waals surface area (Å²) in [5, 5.41) is 7.23. The van der Waals surface area contributed by atoms with Gasteiger partial charge in [0.1, 0.15) is 0 Å². The summed E-state index contributed by atoms with van der Waals surface area (Å²) >= 11 is 5.40. The lowest BCUT2D eigenvalue weighted by molar-refractivity contribution is 0.263. The molecular weight excluding hydrogens is 258 g/mol. The van der Waals surface area contributed by atoms with Gasteiger partial charge in [0.2, 0.25) is 0 Å². The first-order valence-corrected chi connectivity index (χ1v) is 7.39. The summed E-state index contributed by atoms with van der Waals surface area (Å²) in [4.78, 5) is 0. The number of H-pyrrole nitrogens is 1. The highest BCUT2D eigenvalue weighted by Gasteiger charge is 2.25. The Morgan fingerprint density at radius 1 is 1.42 bits per heavy atom. The maximum absolute atomic E-state index is 5.46. The molecule has 2 heterocycles. The molecule has 2 aromatic heterocycles. The average Bonchev–Trinajstić information content (AvgIpc) is 3.08. The molecule has 19 heavy (non-hydrogen) atoms. The summed E-state index contributed by atoms with van der Waals surface area (Å²) in [6, 6.07) is 4.17. The number of hydrogen-bond acceptors (Lipinski definition) is 3. The van der Waals surface area contributed by atoms with Crippen LogP contribution >= 0.6 is 12.2 Å². The lowest BCUT2D eigenvalue weighted by atomic mass is 9.84. The Kier molecular flexibility index (Phi) is 3.55. The van der Waals surface area contributed by atoms with Crippen LogP contribution in [-0.4, -0.2) is 14.8 Å². The standard InChI is InChI=1S/C14H19N3OS/c1-10(11-6-3-2-4-7-11)17-13(15-16-14(17)19)12-8-5-9-18-12/h5,8-11H,2-4,6-7H2,1H3,(H,16,19)/t10-/m1/s1. The van der Waals surface area contributed by atoms with E-state index in [0.29, 0.717) is 16.7 Å². The average molecular weight is 277 g/mol. The Hall–Kier alpha value is -1.36. The molecule has 3 rings (SSSR count). The zero-order chi connectivity index (χ0) is 13.2. The van der Waals surface area contributed by atoms with Gasteiger partial charge in [-0.1, -0.05) is 19.3 Å². The van der Waals surface area contributed by atoms with Crippen LogP contribution in [0.25, 0.3) is 11.6 Å². The molecule has 1 saturated carbocycles. The maximum Gasteiger partial charge on any atom is 0.198 e. The van der Waals surface area contributed by atoms with Crippen LogP contribution in [0.3, 0.4) is 0 Å². The van der Waals surface area contributed by atoms with Gasteiger partial charge in [-0.15, -0.1) is 0 Å². The van der Waals surface area contributed by atoms with Gasteiger partial charge in [0.25, 0.3) is 0 Å². The van der Waals surface area contributed by atoms with E-state index in [9.17, 15) is 0 Å². The molecule has 0 radical (unpaired) electrons. The minimum absolute atomic E-state index is 0.367. The number of furan rings is 1. The molecule has 0 aromatic carbocycles. The normalized spacial score (nSPS) is 18.6. The molecule has 0 saturated heterocycles. The van der Waals surface area contributed by atoms with E-state index >= 15 is 0 Å². The molecule has 2 aromatic rings. The van der Waals surface area contributed by atoms with E-state index < -0.39 is 0 Å². The summed E-state index contributed by atoms with van der Waals surface area (Å²) in [6.07, 6.45) is 8.26. The molecule has 1 N–H and O–H groups in total. The Balaban J connectivity index is 1.95. The van der Waals surface area contributed by atoms with Crippen molar-refractivity contribution >= 4 is 12.2 Å². The minimum Gasteiger partial charge on any atom is -0.461 e. The fraction of sp³-hybridized carbons (Fsp3) is 0.571. The molecule has 4 nitrogen and oxygen atoms in total. The molecule has 0 spiro atoms. The Morgan fingerprint density at radius 3 is 2.89 bits per heavy atom. The molecule has 0 bridgehead atoms. The molecule has 1 aliphatic rings. The number of nitrogens with one attached hydrogen (secondary N) is 1. The number of nitrogens with zero attached hydrogens (tertiary/aromatic N) is 2. The number of aromatic nitrogens is 3. The third-order valence-corrected chi connectivity index (χ3v) is 4.47. The van der Waals surface area contributed by atoms with E-state index in [2.05, 4.69) is 21.7 Å². The van der Waals surface area contributed by atoms with Gasteiger partial charge in [0.15, 0.2) is 16.4 Å². The Bertz CT molecular complexity index is 578. The van der Waals surface area contributed by atoms with Crippen molar-refractivity contribution in [2.24, 2.45) is 5.92 Å². The molecule has 0 aliphatic heterocycles. The Morgan fingerprint density at radius 2 is 2.21 bits per heavy atom. The predicted molar refractivity (Wildman–Crippen MR) is 76.4 cm³/mol. The van der Waals surface area contributed by atoms with E-state index in [1.54, 1.807) is 6.26 Å². The highest BCUT2D eigenvalue weighted by Crippen LogP contribution is 2.34. The van der Waals surface area contributed by atoms with Crippen LogP contribution in [-0.2, 0) is 0 Å². The van der Waals surface area contributed by atoms with Crippen LogP contribution in [0.5, 0.6) is 0 Å². The molecule has 1 aliphatic carbocycles. The summed E-state index contributed by atoms with van der Waals surface area (Å²) in [5.74, 6) is 2.27. The van der Waals surface area contributed by atoms with Crippen molar-refractivity contribution in [1.29, 1.82) is 0 Å². The van der Waals surface area contributed by atoms with Gasteiger partial charge in [-0.2, -0.15) is 5.10 Å². The Labute approximate surface area is 117 Å². The van der Waals surface area contributed by atoms with E-state index in [-0.39, 0.29) is 0 Å². The van der Waals surface area contributed by atoms with E-state index in [0.717, 1.165) is 11.6 Å². The van der Waals surface area contributed by atoms with Crippen LogP contribution in [0.2, 0.25) is 0 Å². The summed E-state index contributed by atoms with van der Waals surface area (Å²) in [6.45, 7) is 2.24. The lowest BCUT2D eigenvalue weighted by Crippen LogP contribution is -2.20. The molecule has 1 atom stereocenters. The molecule has 0 unspecified atom stereocenters. The smallest absolute Gasteiger partial charge is 0.198 e. The van der Waals surface area contributed by atoms with Gasteiger partial charge in [-0.05, 0) is 50.0 Å². The van der Waals surface area contributed by atoms with Crippen LogP contribution in [0.15, 0.2) is 22.8 Å².